The Morgan fingerprint density at radius 3 is 2.68 bits per heavy atom. The molecule has 2 heterocycles. The highest BCUT2D eigenvalue weighted by Crippen LogP contribution is 2.20. The predicted octanol–water partition coefficient (Wildman–Crippen LogP) is 3.50. The normalized spacial score (nSPS) is 15.8. The summed E-state index contributed by atoms with van der Waals surface area (Å²) in [6, 6.07) is 15.9. The Morgan fingerprint density at radius 2 is 1.86 bits per heavy atom. The fourth-order valence-electron chi connectivity index (χ4n) is 3.60. The molecule has 3 aromatic rings. The van der Waals surface area contributed by atoms with E-state index in [-0.39, 0.29) is 5.91 Å². The molecule has 2 N–H and O–H groups in total. The van der Waals surface area contributed by atoms with E-state index in [1.54, 1.807) is 0 Å². The van der Waals surface area contributed by atoms with E-state index in [0.717, 1.165) is 49.2 Å². The van der Waals surface area contributed by atoms with E-state index in [1.165, 1.54) is 5.56 Å². The van der Waals surface area contributed by atoms with Crippen molar-refractivity contribution in [2.75, 3.05) is 33.2 Å². The molecule has 146 valence electrons. The molecule has 1 aromatic heterocycles. The highest BCUT2D eigenvalue weighted by atomic mass is 35.5. The first-order valence-corrected chi connectivity index (χ1v) is 10.00. The highest BCUT2D eigenvalue weighted by molar-refractivity contribution is 6.31. The van der Waals surface area contributed by atoms with Crippen LogP contribution in [0.4, 0.5) is 0 Å². The van der Waals surface area contributed by atoms with Crippen LogP contribution in [0, 0.1) is 0 Å². The third-order valence-corrected chi connectivity index (χ3v) is 5.51. The molecule has 1 aliphatic heterocycles. The lowest BCUT2D eigenvalue weighted by atomic mass is 10.1. The molecule has 4 rings (SSSR count). The Labute approximate surface area is 170 Å². The number of carbonyl (C=O) groups is 1. The number of fused-ring (bicyclic) bond motifs is 1. The summed E-state index contributed by atoms with van der Waals surface area (Å²) in [5.74, 6) is -0.114. The third-order valence-electron chi connectivity index (χ3n) is 5.28. The number of likely N-dealkylation sites (N-methyl/N-ethyl adjacent to an activating group) is 1. The van der Waals surface area contributed by atoms with Crippen molar-refractivity contribution in [3.63, 3.8) is 0 Å². The van der Waals surface area contributed by atoms with Crippen LogP contribution < -0.4 is 5.32 Å². The topological polar surface area (TPSA) is 51.4 Å². The lowest BCUT2D eigenvalue weighted by Crippen LogP contribution is -2.43. The van der Waals surface area contributed by atoms with Gasteiger partial charge in [0.05, 0.1) is 0 Å². The van der Waals surface area contributed by atoms with Gasteiger partial charge in [0.2, 0.25) is 0 Å². The number of benzene rings is 2. The molecule has 6 heteroatoms. The molecule has 2 aromatic carbocycles. The standard InChI is InChI=1S/C22H25ClN4O/c1-26-7-9-27(10-8-26)15-17-4-2-3-16(11-17)14-24-22(28)21-12-18-5-6-19(23)13-20(18)25-21/h2-6,11-13,25H,7-10,14-15H2,1H3,(H,24,28). The summed E-state index contributed by atoms with van der Waals surface area (Å²) in [4.78, 5) is 20.5. The predicted molar refractivity (Wildman–Crippen MR) is 114 cm³/mol. The fraction of sp³-hybridized carbons (Fsp3) is 0.318. The molecule has 1 aliphatic rings. The SMILES string of the molecule is CN1CCN(Cc2cccc(CNC(=O)c3cc4ccc(Cl)cc4[nH]3)c2)CC1. The summed E-state index contributed by atoms with van der Waals surface area (Å²) >= 11 is 6.01. The van der Waals surface area contributed by atoms with Gasteiger partial charge in [-0.25, -0.2) is 0 Å². The van der Waals surface area contributed by atoms with Gasteiger partial charge in [0.25, 0.3) is 5.91 Å². The van der Waals surface area contributed by atoms with Crippen LogP contribution in [0.2, 0.25) is 5.02 Å². The van der Waals surface area contributed by atoms with Gasteiger partial charge in [0.1, 0.15) is 5.69 Å². The van der Waals surface area contributed by atoms with Gasteiger partial charge in [-0.15, -0.1) is 0 Å². The number of amides is 1. The Morgan fingerprint density at radius 1 is 1.07 bits per heavy atom. The summed E-state index contributed by atoms with van der Waals surface area (Å²) in [5.41, 5.74) is 3.81. The van der Waals surface area contributed by atoms with Crippen molar-refractivity contribution in [2.45, 2.75) is 13.1 Å². The van der Waals surface area contributed by atoms with Crippen LogP contribution in [0.25, 0.3) is 10.9 Å². The van der Waals surface area contributed by atoms with Crippen LogP contribution in [0.5, 0.6) is 0 Å². The summed E-state index contributed by atoms with van der Waals surface area (Å²) in [7, 11) is 2.17. The first kappa shape index (κ1) is 19.0. The average Bonchev–Trinajstić information content (AvgIpc) is 3.11. The lowest BCUT2D eigenvalue weighted by Gasteiger charge is -2.32. The molecule has 0 atom stereocenters. The second kappa shape index (κ2) is 8.35. The van der Waals surface area contributed by atoms with Gasteiger partial charge in [0.15, 0.2) is 0 Å². The van der Waals surface area contributed by atoms with Crippen molar-refractivity contribution in [1.29, 1.82) is 0 Å². The number of carbonyl (C=O) groups excluding carboxylic acids is 1. The molecule has 28 heavy (non-hydrogen) atoms. The van der Waals surface area contributed by atoms with Crippen LogP contribution in [0.1, 0.15) is 21.6 Å². The first-order chi connectivity index (χ1) is 13.6. The number of rotatable bonds is 5. The molecule has 0 radical (unpaired) electrons. The van der Waals surface area contributed by atoms with E-state index in [0.29, 0.717) is 17.3 Å². The maximum atomic E-state index is 12.5. The molecule has 1 fully saturated rings. The van der Waals surface area contributed by atoms with Crippen molar-refractivity contribution in [2.24, 2.45) is 0 Å². The van der Waals surface area contributed by atoms with Crippen LogP contribution in [-0.4, -0.2) is 53.9 Å². The second-order valence-corrected chi connectivity index (χ2v) is 7.93. The molecule has 0 saturated carbocycles. The van der Waals surface area contributed by atoms with Gasteiger partial charge in [0, 0.05) is 55.2 Å². The van der Waals surface area contributed by atoms with E-state index in [9.17, 15) is 4.79 Å². The lowest BCUT2D eigenvalue weighted by molar-refractivity contribution is 0.0946. The summed E-state index contributed by atoms with van der Waals surface area (Å²) in [6.07, 6.45) is 0. The van der Waals surface area contributed by atoms with Crippen LogP contribution in [0.3, 0.4) is 0 Å². The quantitative estimate of drug-likeness (QED) is 0.694. The Kier molecular flexibility index (Phi) is 5.67. The minimum absolute atomic E-state index is 0.114. The number of piperazine rings is 1. The number of aromatic amines is 1. The number of nitrogens with one attached hydrogen (secondary N) is 2. The number of aromatic nitrogens is 1. The van der Waals surface area contributed by atoms with Crippen LogP contribution in [-0.2, 0) is 13.1 Å². The van der Waals surface area contributed by atoms with Crippen molar-refractivity contribution in [3.05, 3.63) is 70.4 Å². The summed E-state index contributed by atoms with van der Waals surface area (Å²) in [5, 5.41) is 4.63. The van der Waals surface area contributed by atoms with Gasteiger partial charge in [-0.2, -0.15) is 0 Å². The number of H-pyrrole nitrogens is 1. The third kappa shape index (κ3) is 4.55. The van der Waals surface area contributed by atoms with E-state index in [2.05, 4.69) is 51.4 Å². The Bertz CT molecular complexity index is 976. The number of nitrogens with zero attached hydrogens (tertiary/aromatic N) is 2. The van der Waals surface area contributed by atoms with E-state index in [1.807, 2.05) is 24.3 Å². The molecular formula is C22H25ClN4O. The Balaban J connectivity index is 1.36. The molecule has 0 spiro atoms. The van der Waals surface area contributed by atoms with Gasteiger partial charge < -0.3 is 15.2 Å². The summed E-state index contributed by atoms with van der Waals surface area (Å²) < 4.78 is 0. The monoisotopic (exact) mass is 396 g/mol. The zero-order chi connectivity index (χ0) is 19.5. The smallest absolute Gasteiger partial charge is 0.267 e. The Hall–Kier alpha value is -2.34. The maximum absolute atomic E-state index is 12.5. The van der Waals surface area contributed by atoms with Crippen molar-refractivity contribution in [3.8, 4) is 0 Å². The van der Waals surface area contributed by atoms with E-state index < -0.39 is 0 Å². The van der Waals surface area contributed by atoms with Crippen LogP contribution in [0.15, 0.2) is 48.5 Å². The van der Waals surface area contributed by atoms with E-state index in [4.69, 9.17) is 11.6 Å². The fourth-order valence-corrected chi connectivity index (χ4v) is 3.77. The molecule has 0 unspecified atom stereocenters. The number of halogens is 1. The number of hydrogen-bond acceptors (Lipinski definition) is 3. The molecule has 0 aliphatic carbocycles. The van der Waals surface area contributed by atoms with Crippen LogP contribution >= 0.6 is 11.6 Å². The molecule has 5 nitrogen and oxygen atoms in total. The molecular weight excluding hydrogens is 372 g/mol. The van der Waals surface area contributed by atoms with Gasteiger partial charge in [-0.3, -0.25) is 9.69 Å². The van der Waals surface area contributed by atoms with Gasteiger partial charge in [-0.1, -0.05) is 41.9 Å². The van der Waals surface area contributed by atoms with Crippen molar-refractivity contribution in [1.82, 2.24) is 20.1 Å². The minimum Gasteiger partial charge on any atom is -0.350 e. The van der Waals surface area contributed by atoms with Gasteiger partial charge >= 0.3 is 0 Å². The average molecular weight is 397 g/mol. The van der Waals surface area contributed by atoms with Crippen molar-refractivity contribution >= 4 is 28.4 Å². The first-order valence-electron chi connectivity index (χ1n) is 9.62. The van der Waals surface area contributed by atoms with Crippen molar-refractivity contribution < 1.29 is 4.79 Å². The number of hydrogen-bond donors (Lipinski definition) is 2. The zero-order valence-corrected chi connectivity index (χ0v) is 16.8. The molecule has 1 amide bonds. The minimum atomic E-state index is -0.114. The molecule has 1 saturated heterocycles. The highest BCUT2D eigenvalue weighted by Gasteiger charge is 2.14. The summed E-state index contributed by atoms with van der Waals surface area (Å²) in [6.45, 7) is 5.89. The second-order valence-electron chi connectivity index (χ2n) is 7.50. The van der Waals surface area contributed by atoms with Gasteiger partial charge in [-0.05, 0) is 36.4 Å². The zero-order valence-electron chi connectivity index (χ0n) is 16.0. The largest absolute Gasteiger partial charge is 0.350 e. The maximum Gasteiger partial charge on any atom is 0.267 e. The van der Waals surface area contributed by atoms with E-state index >= 15 is 0 Å². The molecule has 0 bridgehead atoms.